The van der Waals surface area contributed by atoms with Gasteiger partial charge in [0, 0.05) is 6.20 Å². The minimum absolute atomic E-state index is 0.000640. The van der Waals surface area contributed by atoms with Crippen LogP contribution in [-0.2, 0) is 0 Å². The van der Waals surface area contributed by atoms with Crippen molar-refractivity contribution in [2.45, 2.75) is 32.2 Å². The topological polar surface area (TPSA) is 81.9 Å². The van der Waals surface area contributed by atoms with E-state index in [4.69, 9.17) is 25.5 Å². The van der Waals surface area contributed by atoms with Crippen LogP contribution in [0.15, 0.2) is 70.0 Å². The van der Waals surface area contributed by atoms with Gasteiger partial charge in [0.1, 0.15) is 11.4 Å². The van der Waals surface area contributed by atoms with Gasteiger partial charge in [-0.3, -0.25) is 14.5 Å². The molecule has 2 aromatic heterocycles. The lowest BCUT2D eigenvalue weighted by Gasteiger charge is -2.25. The molecule has 0 saturated carbocycles. The Kier molecular flexibility index (Phi) is 6.65. The molecule has 1 unspecified atom stereocenters. The Labute approximate surface area is 213 Å². The highest BCUT2D eigenvalue weighted by atomic mass is 35.5. The second-order valence-electron chi connectivity index (χ2n) is 8.55. The van der Waals surface area contributed by atoms with Crippen molar-refractivity contribution in [2.75, 3.05) is 18.6 Å². The summed E-state index contributed by atoms with van der Waals surface area (Å²) in [6.07, 6.45) is 4.58. The van der Waals surface area contributed by atoms with Crippen LogP contribution in [0.25, 0.3) is 11.0 Å². The predicted molar refractivity (Wildman–Crippen MR) is 138 cm³/mol. The van der Waals surface area contributed by atoms with Crippen molar-refractivity contribution in [1.82, 2.24) is 4.98 Å². The standard InChI is InChI=1S/C28H25ClN2O5/c1-3-4-7-14-35-21-12-10-17(15-22(21)34-2)25-24-26(32)19-8-5-6-9-20(19)36-27(24)28(33)31(25)23-13-11-18(29)16-30-23/h5-6,8-13,15-16,25H,3-4,7,14H2,1-2H3. The Morgan fingerprint density at radius 2 is 1.89 bits per heavy atom. The fourth-order valence-corrected chi connectivity index (χ4v) is 4.60. The van der Waals surface area contributed by atoms with E-state index in [1.807, 2.05) is 6.07 Å². The summed E-state index contributed by atoms with van der Waals surface area (Å²) in [6.45, 7) is 2.71. The minimum Gasteiger partial charge on any atom is -0.493 e. The third kappa shape index (κ3) is 4.20. The molecule has 0 fully saturated rings. The number of hydrogen-bond acceptors (Lipinski definition) is 6. The molecule has 1 atom stereocenters. The molecule has 0 saturated heterocycles. The molecule has 36 heavy (non-hydrogen) atoms. The Balaban J connectivity index is 1.66. The number of pyridine rings is 1. The van der Waals surface area contributed by atoms with Gasteiger partial charge in [-0.1, -0.05) is 49.6 Å². The Morgan fingerprint density at radius 1 is 1.06 bits per heavy atom. The van der Waals surface area contributed by atoms with Crippen molar-refractivity contribution in [2.24, 2.45) is 0 Å². The number of amides is 1. The van der Waals surface area contributed by atoms with Gasteiger partial charge in [-0.05, 0) is 48.4 Å². The number of hydrogen-bond donors (Lipinski definition) is 0. The highest BCUT2D eigenvalue weighted by Gasteiger charge is 2.44. The van der Waals surface area contributed by atoms with E-state index in [0.29, 0.717) is 45.5 Å². The lowest BCUT2D eigenvalue weighted by Crippen LogP contribution is -2.30. The van der Waals surface area contributed by atoms with Crippen LogP contribution in [0.4, 0.5) is 5.82 Å². The first-order chi connectivity index (χ1) is 17.5. The van der Waals surface area contributed by atoms with Gasteiger partial charge >= 0.3 is 0 Å². The molecular formula is C28H25ClN2O5. The van der Waals surface area contributed by atoms with Gasteiger partial charge in [-0.2, -0.15) is 0 Å². The van der Waals surface area contributed by atoms with Crippen LogP contribution in [0.3, 0.4) is 0 Å². The number of halogens is 1. The van der Waals surface area contributed by atoms with Crippen molar-refractivity contribution in [1.29, 1.82) is 0 Å². The smallest absolute Gasteiger partial charge is 0.296 e. The number of nitrogens with zero attached hydrogens (tertiary/aromatic N) is 2. The number of fused-ring (bicyclic) bond motifs is 2. The molecule has 0 N–H and O–H groups in total. The van der Waals surface area contributed by atoms with Crippen molar-refractivity contribution < 1.29 is 18.7 Å². The predicted octanol–water partition coefficient (Wildman–Crippen LogP) is 6.17. The van der Waals surface area contributed by atoms with Gasteiger partial charge in [0.05, 0.1) is 35.7 Å². The van der Waals surface area contributed by atoms with Crippen LogP contribution in [0.2, 0.25) is 5.02 Å². The van der Waals surface area contributed by atoms with Crippen LogP contribution in [0.1, 0.15) is 53.9 Å². The monoisotopic (exact) mass is 504 g/mol. The third-order valence-corrected chi connectivity index (χ3v) is 6.47. The average Bonchev–Trinajstić information content (AvgIpc) is 3.19. The molecule has 1 aliphatic heterocycles. The summed E-state index contributed by atoms with van der Waals surface area (Å²) in [5.74, 6) is 1.01. The Hall–Kier alpha value is -3.84. The average molecular weight is 505 g/mol. The molecule has 4 aromatic rings. The summed E-state index contributed by atoms with van der Waals surface area (Å²) in [7, 11) is 1.56. The van der Waals surface area contributed by atoms with Crippen molar-refractivity contribution >= 4 is 34.3 Å². The highest BCUT2D eigenvalue weighted by molar-refractivity contribution is 6.30. The first-order valence-electron chi connectivity index (χ1n) is 11.8. The van der Waals surface area contributed by atoms with Crippen LogP contribution in [0.5, 0.6) is 11.5 Å². The highest BCUT2D eigenvalue weighted by Crippen LogP contribution is 2.42. The number of rotatable bonds is 8. The van der Waals surface area contributed by atoms with E-state index in [9.17, 15) is 9.59 Å². The van der Waals surface area contributed by atoms with Gasteiger partial charge < -0.3 is 13.9 Å². The van der Waals surface area contributed by atoms with Crippen molar-refractivity contribution in [3.8, 4) is 11.5 Å². The maximum Gasteiger partial charge on any atom is 0.296 e. The van der Waals surface area contributed by atoms with Gasteiger partial charge in [-0.25, -0.2) is 4.98 Å². The van der Waals surface area contributed by atoms with E-state index in [1.165, 1.54) is 11.1 Å². The van der Waals surface area contributed by atoms with Gasteiger partial charge in [-0.15, -0.1) is 0 Å². The van der Waals surface area contributed by atoms with Gasteiger partial charge in [0.25, 0.3) is 5.91 Å². The summed E-state index contributed by atoms with van der Waals surface area (Å²) >= 11 is 6.05. The van der Waals surface area contributed by atoms with E-state index in [-0.39, 0.29) is 16.8 Å². The number of aromatic nitrogens is 1. The molecule has 0 radical (unpaired) electrons. The molecule has 3 heterocycles. The zero-order valence-corrected chi connectivity index (χ0v) is 20.7. The number of anilines is 1. The van der Waals surface area contributed by atoms with Gasteiger partial charge in [0.2, 0.25) is 5.76 Å². The lowest BCUT2D eigenvalue weighted by atomic mass is 9.98. The zero-order chi connectivity index (χ0) is 25.2. The van der Waals surface area contributed by atoms with Crippen LogP contribution in [0, 0.1) is 0 Å². The van der Waals surface area contributed by atoms with E-state index >= 15 is 0 Å². The van der Waals surface area contributed by atoms with E-state index in [2.05, 4.69) is 11.9 Å². The second kappa shape index (κ2) is 10.0. The molecule has 8 heteroatoms. The molecule has 7 nitrogen and oxygen atoms in total. The maximum atomic E-state index is 13.7. The van der Waals surface area contributed by atoms with E-state index in [0.717, 1.165) is 19.3 Å². The molecule has 0 spiro atoms. The lowest BCUT2D eigenvalue weighted by molar-refractivity contribution is 0.0970. The summed E-state index contributed by atoms with van der Waals surface area (Å²) in [6, 6.07) is 14.9. The number of para-hydroxylation sites is 1. The molecule has 1 aliphatic rings. The number of benzene rings is 2. The number of ether oxygens (including phenoxy) is 2. The molecular weight excluding hydrogens is 480 g/mol. The molecule has 2 aromatic carbocycles. The van der Waals surface area contributed by atoms with Crippen molar-refractivity contribution in [3.63, 3.8) is 0 Å². The number of carbonyl (C=O) groups is 1. The largest absolute Gasteiger partial charge is 0.493 e. The Bertz CT molecular complexity index is 1480. The number of methoxy groups -OCH3 is 1. The zero-order valence-electron chi connectivity index (χ0n) is 20.0. The summed E-state index contributed by atoms with van der Waals surface area (Å²) < 4.78 is 17.5. The first kappa shape index (κ1) is 23.9. The molecule has 0 bridgehead atoms. The minimum atomic E-state index is -0.773. The SMILES string of the molecule is CCCCCOc1ccc(C2c3c(oc4ccccc4c3=O)C(=O)N2c2ccc(Cl)cn2)cc1OC. The van der Waals surface area contributed by atoms with Gasteiger partial charge in [0.15, 0.2) is 16.9 Å². The van der Waals surface area contributed by atoms with E-state index in [1.54, 1.807) is 55.6 Å². The normalized spacial score (nSPS) is 14.8. The van der Waals surface area contributed by atoms with Crippen LogP contribution >= 0.6 is 11.6 Å². The summed E-state index contributed by atoms with van der Waals surface area (Å²) in [4.78, 5) is 33.1. The van der Waals surface area contributed by atoms with Crippen LogP contribution in [-0.4, -0.2) is 24.6 Å². The molecule has 0 aliphatic carbocycles. The Morgan fingerprint density at radius 3 is 2.64 bits per heavy atom. The number of carbonyl (C=O) groups excluding carboxylic acids is 1. The fraction of sp³-hybridized carbons (Fsp3) is 0.250. The molecule has 1 amide bonds. The quantitative estimate of drug-likeness (QED) is 0.267. The summed E-state index contributed by atoms with van der Waals surface area (Å²) in [5.41, 5.74) is 1.02. The van der Waals surface area contributed by atoms with Crippen LogP contribution < -0.4 is 19.8 Å². The third-order valence-electron chi connectivity index (χ3n) is 6.25. The first-order valence-corrected chi connectivity index (χ1v) is 12.2. The fourth-order valence-electron chi connectivity index (χ4n) is 4.49. The maximum absolute atomic E-state index is 13.7. The second-order valence-corrected chi connectivity index (χ2v) is 8.98. The molecule has 5 rings (SSSR count). The van der Waals surface area contributed by atoms with Crippen molar-refractivity contribution in [3.05, 3.63) is 92.9 Å². The van der Waals surface area contributed by atoms with E-state index < -0.39 is 11.9 Å². The number of unbranched alkanes of at least 4 members (excludes halogenated alkanes) is 2. The molecule has 184 valence electrons. The summed E-state index contributed by atoms with van der Waals surface area (Å²) in [5, 5.41) is 0.841.